The summed E-state index contributed by atoms with van der Waals surface area (Å²) in [5.41, 5.74) is 5.68. The number of carbonyl (C=O) groups is 1. The quantitative estimate of drug-likeness (QED) is 0.821. The fourth-order valence-electron chi connectivity index (χ4n) is 1.98. The molecule has 1 saturated heterocycles. The van der Waals surface area contributed by atoms with Gasteiger partial charge in [-0.15, -0.1) is 0 Å². The van der Waals surface area contributed by atoms with E-state index in [0.717, 1.165) is 25.4 Å². The molecule has 0 unspecified atom stereocenters. The van der Waals surface area contributed by atoms with Crippen LogP contribution in [0, 0.1) is 5.92 Å². The number of hydrogen-bond acceptors (Lipinski definition) is 3. The molecule has 1 aromatic carbocycles. The lowest BCUT2D eigenvalue weighted by molar-refractivity contribution is 0.1000. The van der Waals surface area contributed by atoms with Gasteiger partial charge in [-0.2, -0.15) is 0 Å². The maximum Gasteiger partial charge on any atom is 0.248 e. The predicted octanol–water partition coefficient (Wildman–Crippen LogP) is 1.16. The zero-order valence-corrected chi connectivity index (χ0v) is 9.82. The van der Waals surface area contributed by atoms with Crippen molar-refractivity contribution in [1.29, 1.82) is 0 Å². The topological polar surface area (TPSA) is 64.4 Å². The Hall–Kier alpha value is -1.55. The molecule has 0 saturated carbocycles. The van der Waals surface area contributed by atoms with Gasteiger partial charge in [0.05, 0.1) is 6.61 Å². The summed E-state index contributed by atoms with van der Waals surface area (Å²) in [7, 11) is 0. The first kappa shape index (κ1) is 11.9. The van der Waals surface area contributed by atoms with E-state index in [2.05, 4.69) is 5.32 Å². The summed E-state index contributed by atoms with van der Waals surface area (Å²) in [5.74, 6) is 1.02. The van der Waals surface area contributed by atoms with Gasteiger partial charge >= 0.3 is 0 Å². The van der Waals surface area contributed by atoms with Gasteiger partial charge in [-0.05, 0) is 56.1 Å². The van der Waals surface area contributed by atoms with Crippen LogP contribution in [0.1, 0.15) is 23.2 Å². The molecule has 0 bridgehead atoms. The number of piperidine rings is 1. The van der Waals surface area contributed by atoms with Crippen LogP contribution >= 0.6 is 0 Å². The van der Waals surface area contributed by atoms with E-state index in [1.807, 2.05) is 0 Å². The summed E-state index contributed by atoms with van der Waals surface area (Å²) >= 11 is 0. The molecule has 0 aliphatic carbocycles. The number of nitrogens with two attached hydrogens (primary N) is 1. The number of rotatable bonds is 4. The number of hydrogen-bond donors (Lipinski definition) is 2. The summed E-state index contributed by atoms with van der Waals surface area (Å²) in [5, 5.41) is 3.33. The highest BCUT2D eigenvalue weighted by atomic mass is 16.5. The molecule has 1 heterocycles. The first-order valence-corrected chi connectivity index (χ1v) is 5.99. The van der Waals surface area contributed by atoms with E-state index in [4.69, 9.17) is 10.5 Å². The maximum atomic E-state index is 10.9. The van der Waals surface area contributed by atoms with Crippen LogP contribution in [0.5, 0.6) is 5.75 Å². The van der Waals surface area contributed by atoms with Crippen LogP contribution in [0.15, 0.2) is 24.3 Å². The van der Waals surface area contributed by atoms with Gasteiger partial charge in [0, 0.05) is 5.56 Å². The second kappa shape index (κ2) is 5.68. The van der Waals surface area contributed by atoms with Crippen molar-refractivity contribution in [3.8, 4) is 5.75 Å². The molecule has 1 aliphatic rings. The van der Waals surface area contributed by atoms with Gasteiger partial charge in [0.25, 0.3) is 0 Å². The molecule has 2 rings (SSSR count). The fraction of sp³-hybridized carbons (Fsp3) is 0.462. The number of ether oxygens (including phenoxy) is 1. The SMILES string of the molecule is NC(=O)c1ccc(OCC2CCNCC2)cc1. The van der Waals surface area contributed by atoms with Crippen molar-refractivity contribution in [2.75, 3.05) is 19.7 Å². The summed E-state index contributed by atoms with van der Waals surface area (Å²) in [6.45, 7) is 2.90. The average Bonchev–Trinajstić information content (AvgIpc) is 2.38. The smallest absolute Gasteiger partial charge is 0.248 e. The van der Waals surface area contributed by atoms with Gasteiger partial charge in [-0.3, -0.25) is 4.79 Å². The van der Waals surface area contributed by atoms with E-state index < -0.39 is 5.91 Å². The lowest BCUT2D eigenvalue weighted by atomic mass is 9.99. The predicted molar refractivity (Wildman–Crippen MR) is 66.0 cm³/mol. The first-order chi connectivity index (χ1) is 8.25. The third kappa shape index (κ3) is 3.46. The van der Waals surface area contributed by atoms with Crippen LogP contribution in [-0.2, 0) is 0 Å². The fourth-order valence-corrected chi connectivity index (χ4v) is 1.98. The molecule has 4 heteroatoms. The third-order valence-electron chi connectivity index (χ3n) is 3.08. The number of amides is 1. The molecule has 92 valence electrons. The lowest BCUT2D eigenvalue weighted by Gasteiger charge is -2.22. The Balaban J connectivity index is 1.84. The van der Waals surface area contributed by atoms with Crippen LogP contribution in [0.25, 0.3) is 0 Å². The van der Waals surface area contributed by atoms with E-state index in [9.17, 15) is 4.79 Å². The molecule has 0 radical (unpaired) electrons. The zero-order valence-electron chi connectivity index (χ0n) is 9.82. The Morgan fingerprint density at radius 3 is 2.53 bits per heavy atom. The summed E-state index contributed by atoms with van der Waals surface area (Å²) < 4.78 is 5.70. The Kier molecular flexibility index (Phi) is 3.98. The minimum Gasteiger partial charge on any atom is -0.493 e. The lowest BCUT2D eigenvalue weighted by Crippen LogP contribution is -2.30. The molecule has 4 nitrogen and oxygen atoms in total. The van der Waals surface area contributed by atoms with Crippen molar-refractivity contribution in [1.82, 2.24) is 5.32 Å². The van der Waals surface area contributed by atoms with Gasteiger partial charge in [0.15, 0.2) is 0 Å². The molecular formula is C13H18N2O2. The summed E-state index contributed by atoms with van der Waals surface area (Å²) in [4.78, 5) is 10.9. The normalized spacial score (nSPS) is 16.7. The van der Waals surface area contributed by atoms with Crippen LogP contribution < -0.4 is 15.8 Å². The molecule has 1 aliphatic heterocycles. The van der Waals surface area contributed by atoms with Crippen molar-refractivity contribution < 1.29 is 9.53 Å². The largest absolute Gasteiger partial charge is 0.493 e. The molecule has 17 heavy (non-hydrogen) atoms. The highest BCUT2D eigenvalue weighted by molar-refractivity contribution is 5.92. The molecule has 3 N–H and O–H groups in total. The summed E-state index contributed by atoms with van der Waals surface area (Å²) in [6, 6.07) is 6.97. The summed E-state index contributed by atoms with van der Waals surface area (Å²) in [6.07, 6.45) is 2.33. The standard InChI is InChI=1S/C13H18N2O2/c14-13(16)11-1-3-12(4-2-11)17-9-10-5-7-15-8-6-10/h1-4,10,15H,5-9H2,(H2,14,16). The van der Waals surface area contributed by atoms with E-state index >= 15 is 0 Å². The van der Waals surface area contributed by atoms with E-state index in [-0.39, 0.29) is 0 Å². The maximum absolute atomic E-state index is 10.9. The Bertz CT molecular complexity index is 370. The van der Waals surface area contributed by atoms with E-state index in [1.165, 1.54) is 12.8 Å². The number of primary amides is 1. The Labute approximate surface area is 101 Å². The molecule has 1 fully saturated rings. The molecule has 1 amide bonds. The van der Waals surface area contributed by atoms with Crippen LogP contribution in [0.3, 0.4) is 0 Å². The molecule has 1 aromatic rings. The highest BCUT2D eigenvalue weighted by Crippen LogP contribution is 2.16. The van der Waals surface area contributed by atoms with Gasteiger partial charge in [0.1, 0.15) is 5.75 Å². The van der Waals surface area contributed by atoms with Crippen molar-refractivity contribution in [2.45, 2.75) is 12.8 Å². The number of benzene rings is 1. The molecule has 0 atom stereocenters. The van der Waals surface area contributed by atoms with Crippen molar-refractivity contribution in [3.05, 3.63) is 29.8 Å². The average molecular weight is 234 g/mol. The van der Waals surface area contributed by atoms with E-state index in [0.29, 0.717) is 11.5 Å². The Morgan fingerprint density at radius 1 is 1.29 bits per heavy atom. The van der Waals surface area contributed by atoms with Crippen molar-refractivity contribution in [3.63, 3.8) is 0 Å². The minimum atomic E-state index is -0.407. The molecule has 0 spiro atoms. The molecule has 0 aromatic heterocycles. The second-order valence-electron chi connectivity index (χ2n) is 4.39. The number of nitrogens with one attached hydrogen (secondary N) is 1. The van der Waals surface area contributed by atoms with Crippen molar-refractivity contribution in [2.24, 2.45) is 11.7 Å². The first-order valence-electron chi connectivity index (χ1n) is 5.99. The molecular weight excluding hydrogens is 216 g/mol. The highest BCUT2D eigenvalue weighted by Gasteiger charge is 2.13. The van der Waals surface area contributed by atoms with E-state index in [1.54, 1.807) is 24.3 Å². The number of carbonyl (C=O) groups excluding carboxylic acids is 1. The van der Waals surface area contributed by atoms with Crippen LogP contribution in [0.2, 0.25) is 0 Å². The van der Waals surface area contributed by atoms with Gasteiger partial charge < -0.3 is 15.8 Å². The minimum absolute atomic E-state index is 0.407. The van der Waals surface area contributed by atoms with Gasteiger partial charge in [0.2, 0.25) is 5.91 Å². The van der Waals surface area contributed by atoms with Crippen LogP contribution in [-0.4, -0.2) is 25.6 Å². The van der Waals surface area contributed by atoms with Gasteiger partial charge in [-0.1, -0.05) is 0 Å². The Morgan fingerprint density at radius 2 is 1.94 bits per heavy atom. The second-order valence-corrected chi connectivity index (χ2v) is 4.39. The van der Waals surface area contributed by atoms with Gasteiger partial charge in [-0.25, -0.2) is 0 Å². The van der Waals surface area contributed by atoms with Crippen molar-refractivity contribution >= 4 is 5.91 Å². The zero-order chi connectivity index (χ0) is 12.1. The van der Waals surface area contributed by atoms with Crippen LogP contribution in [0.4, 0.5) is 0 Å². The monoisotopic (exact) mass is 234 g/mol. The third-order valence-corrected chi connectivity index (χ3v) is 3.08.